The maximum Gasteiger partial charge on any atom is 0.327 e. The number of rotatable bonds is 3. The van der Waals surface area contributed by atoms with Crippen molar-refractivity contribution in [3.63, 3.8) is 0 Å². The van der Waals surface area contributed by atoms with Gasteiger partial charge in [0.1, 0.15) is 5.75 Å². The third kappa shape index (κ3) is 3.67. The number of hydrogen-bond acceptors (Lipinski definition) is 6. The second-order valence-electron chi connectivity index (χ2n) is 3.02. The Kier molecular flexibility index (Phi) is 3.71. The molecular formula is C6H13O6PS. The van der Waals surface area contributed by atoms with Crippen LogP contribution in [0.15, 0.2) is 0 Å². The highest BCUT2D eigenvalue weighted by Crippen LogP contribution is 2.45. The fourth-order valence-electron chi connectivity index (χ4n) is 1.06. The summed E-state index contributed by atoms with van der Waals surface area (Å²) in [5.74, 6) is -0.270. The third-order valence-electron chi connectivity index (χ3n) is 1.76. The van der Waals surface area contributed by atoms with E-state index >= 15 is 0 Å². The Bertz CT molecular complexity index is 336. The first-order valence-corrected chi connectivity index (χ1v) is 7.60. The van der Waals surface area contributed by atoms with E-state index in [0.717, 1.165) is 0 Å². The molecule has 1 saturated heterocycles. The molecule has 0 bridgehead atoms. The molecule has 0 aromatic rings. The van der Waals surface area contributed by atoms with Gasteiger partial charge in [-0.15, -0.1) is 0 Å². The van der Waals surface area contributed by atoms with Crippen LogP contribution in [0.5, 0.6) is 0 Å². The van der Waals surface area contributed by atoms with Crippen molar-refractivity contribution in [2.24, 2.45) is 0 Å². The van der Waals surface area contributed by atoms with E-state index in [1.807, 2.05) is 0 Å². The molecule has 1 heterocycles. The quantitative estimate of drug-likeness (QED) is 0.534. The lowest BCUT2D eigenvalue weighted by molar-refractivity contribution is 0.135. The van der Waals surface area contributed by atoms with Crippen molar-refractivity contribution in [3.05, 3.63) is 0 Å². The van der Waals surface area contributed by atoms with Crippen molar-refractivity contribution in [2.75, 3.05) is 26.1 Å². The Balaban J connectivity index is 2.59. The molecule has 0 aliphatic carbocycles. The first kappa shape index (κ1) is 12.1. The van der Waals surface area contributed by atoms with Crippen molar-refractivity contribution >= 4 is 17.7 Å². The summed E-state index contributed by atoms with van der Waals surface area (Å²) in [6, 6.07) is 0. The zero-order chi connectivity index (χ0) is 10.8. The molecular weight excluding hydrogens is 231 g/mol. The summed E-state index contributed by atoms with van der Waals surface area (Å²) < 4.78 is 47.5. The Labute approximate surface area is 83.2 Å². The number of hydrogen-bond donors (Lipinski definition) is 0. The summed E-state index contributed by atoms with van der Waals surface area (Å²) in [6.07, 6.45) is -0.204. The smallest absolute Gasteiger partial charge is 0.312 e. The molecule has 2 atom stereocenters. The molecule has 0 aromatic heterocycles. The first-order valence-electron chi connectivity index (χ1n) is 4.03. The van der Waals surface area contributed by atoms with E-state index < -0.39 is 23.8 Å². The minimum absolute atomic E-state index is 0.0662. The van der Waals surface area contributed by atoms with Crippen LogP contribution >= 0.6 is 7.60 Å². The van der Waals surface area contributed by atoms with Crippen LogP contribution in [0.25, 0.3) is 0 Å². The zero-order valence-corrected chi connectivity index (χ0v) is 9.71. The maximum absolute atomic E-state index is 11.4. The third-order valence-corrected chi connectivity index (χ3v) is 4.42. The van der Waals surface area contributed by atoms with E-state index in [9.17, 15) is 13.0 Å². The molecule has 2 unspecified atom stereocenters. The fourth-order valence-corrected chi connectivity index (χ4v) is 3.11. The van der Waals surface area contributed by atoms with Gasteiger partial charge in [-0.2, -0.15) is 8.42 Å². The molecule has 6 nitrogen and oxygen atoms in total. The summed E-state index contributed by atoms with van der Waals surface area (Å²) in [7, 11) is -5.37. The van der Waals surface area contributed by atoms with Crippen LogP contribution in [-0.4, -0.2) is 40.7 Å². The summed E-state index contributed by atoms with van der Waals surface area (Å²) >= 11 is 0. The Morgan fingerprint density at radius 2 is 2.14 bits per heavy atom. The van der Waals surface area contributed by atoms with E-state index in [0.29, 0.717) is 6.42 Å². The van der Waals surface area contributed by atoms with Crippen molar-refractivity contribution in [1.82, 2.24) is 0 Å². The van der Waals surface area contributed by atoms with Gasteiger partial charge in [0.25, 0.3) is 10.1 Å². The van der Waals surface area contributed by atoms with Crippen molar-refractivity contribution < 1.29 is 26.2 Å². The van der Waals surface area contributed by atoms with Crippen LogP contribution in [0.3, 0.4) is 0 Å². The van der Waals surface area contributed by atoms with Crippen LogP contribution in [0.4, 0.5) is 0 Å². The van der Waals surface area contributed by atoms with E-state index in [4.69, 9.17) is 4.52 Å². The molecule has 0 radical (unpaired) electrons. The molecule has 0 amide bonds. The molecule has 0 aromatic carbocycles. The average Bonchev–Trinajstić information content (AvgIpc) is 2.01. The normalized spacial score (nSPS) is 30.9. The summed E-state index contributed by atoms with van der Waals surface area (Å²) in [5.41, 5.74) is 0. The van der Waals surface area contributed by atoms with E-state index in [1.165, 1.54) is 13.8 Å². The summed E-state index contributed by atoms with van der Waals surface area (Å²) in [5, 5.41) is 0. The second-order valence-corrected chi connectivity index (χ2v) is 6.82. The van der Waals surface area contributed by atoms with Crippen molar-refractivity contribution in [1.29, 1.82) is 0 Å². The maximum atomic E-state index is 11.4. The minimum Gasteiger partial charge on any atom is -0.312 e. The summed E-state index contributed by atoms with van der Waals surface area (Å²) in [4.78, 5) is 0. The molecule has 84 valence electrons. The Morgan fingerprint density at radius 3 is 2.64 bits per heavy atom. The predicted octanol–water partition coefficient (Wildman–Crippen LogP) is 0.591. The average molecular weight is 244 g/mol. The first-order chi connectivity index (χ1) is 6.35. The molecule has 1 rings (SSSR count). The lowest BCUT2D eigenvalue weighted by Gasteiger charge is -2.24. The Morgan fingerprint density at radius 1 is 1.50 bits per heavy atom. The van der Waals surface area contributed by atoms with Gasteiger partial charge in [0.15, 0.2) is 0 Å². The summed E-state index contributed by atoms with van der Waals surface area (Å²) in [6.45, 7) is 1.37. The standard InChI is InChI=1S/C6H13O6PS/c1-10-13(2,7)12-6-3-4-11-14(8,9)5-6/h6H,3-5H2,1-2H3. The van der Waals surface area contributed by atoms with Gasteiger partial charge in [-0.25, -0.2) is 0 Å². The van der Waals surface area contributed by atoms with Gasteiger partial charge in [-0.05, 0) is 0 Å². The topological polar surface area (TPSA) is 78.9 Å². The van der Waals surface area contributed by atoms with Crippen LogP contribution in [0.1, 0.15) is 6.42 Å². The largest absolute Gasteiger partial charge is 0.327 e. The highest BCUT2D eigenvalue weighted by molar-refractivity contribution is 7.86. The molecule has 14 heavy (non-hydrogen) atoms. The highest BCUT2D eigenvalue weighted by Gasteiger charge is 2.30. The lowest BCUT2D eigenvalue weighted by Crippen LogP contribution is -2.31. The van der Waals surface area contributed by atoms with E-state index in [2.05, 4.69) is 8.71 Å². The highest BCUT2D eigenvalue weighted by atomic mass is 32.2. The minimum atomic E-state index is -3.51. The lowest BCUT2D eigenvalue weighted by atomic mass is 10.3. The van der Waals surface area contributed by atoms with Gasteiger partial charge in [0, 0.05) is 20.2 Å². The molecule has 1 aliphatic rings. The van der Waals surface area contributed by atoms with Crippen LogP contribution in [-0.2, 0) is 27.9 Å². The Hall–Kier alpha value is 0.0600. The SMILES string of the molecule is COP(C)(=O)OC1CCOS(=O)(=O)C1. The monoisotopic (exact) mass is 244 g/mol. The van der Waals surface area contributed by atoms with Crippen LogP contribution in [0, 0.1) is 0 Å². The zero-order valence-electron chi connectivity index (χ0n) is 8.00. The van der Waals surface area contributed by atoms with E-state index in [1.54, 1.807) is 0 Å². The molecule has 1 aliphatic heterocycles. The van der Waals surface area contributed by atoms with Crippen molar-refractivity contribution in [3.8, 4) is 0 Å². The van der Waals surface area contributed by atoms with Gasteiger partial charge in [0.2, 0.25) is 0 Å². The van der Waals surface area contributed by atoms with Crippen LogP contribution in [0.2, 0.25) is 0 Å². The molecule has 0 spiro atoms. The van der Waals surface area contributed by atoms with Crippen LogP contribution < -0.4 is 0 Å². The second kappa shape index (κ2) is 4.28. The fraction of sp³-hybridized carbons (Fsp3) is 1.00. The van der Waals surface area contributed by atoms with Gasteiger partial charge in [-0.3, -0.25) is 8.75 Å². The van der Waals surface area contributed by atoms with Gasteiger partial charge in [0.05, 0.1) is 12.7 Å². The van der Waals surface area contributed by atoms with Gasteiger partial charge in [-0.1, -0.05) is 0 Å². The van der Waals surface area contributed by atoms with Crippen molar-refractivity contribution in [2.45, 2.75) is 12.5 Å². The molecule has 0 N–H and O–H groups in total. The van der Waals surface area contributed by atoms with Gasteiger partial charge >= 0.3 is 7.60 Å². The molecule has 0 saturated carbocycles. The predicted molar refractivity (Wildman–Crippen MR) is 49.8 cm³/mol. The molecule has 1 fully saturated rings. The van der Waals surface area contributed by atoms with E-state index in [-0.39, 0.29) is 12.4 Å². The van der Waals surface area contributed by atoms with Gasteiger partial charge < -0.3 is 9.05 Å². The molecule has 8 heteroatoms.